The van der Waals surface area contributed by atoms with Crippen LogP contribution >= 0.6 is 11.6 Å². The van der Waals surface area contributed by atoms with Crippen molar-refractivity contribution in [1.29, 1.82) is 0 Å². The number of amides is 1. The number of carbonyl (C=O) groups is 1. The molecule has 0 aliphatic carbocycles. The molecule has 11 heteroatoms. The number of halogens is 1. The van der Waals surface area contributed by atoms with Crippen molar-refractivity contribution in [3.8, 4) is 0 Å². The zero-order valence-electron chi connectivity index (χ0n) is 22.2. The molecule has 9 nitrogen and oxygen atoms in total. The summed E-state index contributed by atoms with van der Waals surface area (Å²) in [7, 11) is 0.590. The van der Waals surface area contributed by atoms with Gasteiger partial charge in [0.05, 0.1) is 17.4 Å². The summed E-state index contributed by atoms with van der Waals surface area (Å²) in [6.45, 7) is 12.0. The average Bonchev–Trinajstić information content (AvgIpc) is 3.34. The lowest BCUT2D eigenvalue weighted by atomic mass is 9.83. The number of hydrogen-bond acceptors (Lipinski definition) is 6. The number of nitrogens with zero attached hydrogens (tertiary/aromatic N) is 5. The third-order valence-corrected chi connectivity index (χ3v) is 8.89. The van der Waals surface area contributed by atoms with Gasteiger partial charge in [-0.15, -0.1) is 10.2 Å². The number of aromatic nitrogens is 4. The van der Waals surface area contributed by atoms with Crippen LogP contribution in [0.5, 0.6) is 0 Å². The lowest BCUT2D eigenvalue weighted by Crippen LogP contribution is -2.36. The second-order valence-corrected chi connectivity index (χ2v) is 11.9. The number of allylic oxidation sites excluding steroid dienone is 1. The fourth-order valence-electron chi connectivity index (χ4n) is 4.51. The molecule has 3 aromatic rings. The smallest absolute Gasteiger partial charge is 0.243 e. The van der Waals surface area contributed by atoms with Gasteiger partial charge in [0.1, 0.15) is 0 Å². The van der Waals surface area contributed by atoms with Crippen molar-refractivity contribution in [3.63, 3.8) is 0 Å². The highest BCUT2D eigenvalue weighted by atomic mass is 35.5. The molecule has 0 spiro atoms. The fourth-order valence-corrected chi connectivity index (χ4v) is 6.30. The third-order valence-electron chi connectivity index (χ3n) is 6.71. The molecule has 0 aliphatic rings. The van der Waals surface area contributed by atoms with E-state index in [4.69, 9.17) is 11.6 Å². The zero-order valence-corrected chi connectivity index (χ0v) is 23.8. The van der Waals surface area contributed by atoms with Crippen LogP contribution in [0.3, 0.4) is 0 Å². The first-order valence-corrected chi connectivity index (χ1v) is 13.5. The SMILES string of the molecule is C=C(C)c1ccc(C)c(C)c1[C@@H](C)[C@@H](c1nn[nH]n1)N(C)S(=O)(=O)c1ccc(Cl)cc1CC(=O)N(C)C. The van der Waals surface area contributed by atoms with E-state index in [0.717, 1.165) is 27.8 Å². The Morgan fingerprint density at radius 3 is 2.41 bits per heavy atom. The molecular formula is C26H33ClN6O3S. The lowest BCUT2D eigenvalue weighted by molar-refractivity contribution is -0.128. The molecule has 0 bridgehead atoms. The maximum Gasteiger partial charge on any atom is 0.243 e. The number of carbonyl (C=O) groups excluding carboxylic acids is 1. The van der Waals surface area contributed by atoms with E-state index in [0.29, 0.717) is 10.6 Å². The van der Waals surface area contributed by atoms with Gasteiger partial charge in [-0.05, 0) is 66.8 Å². The molecule has 1 N–H and O–H groups in total. The summed E-state index contributed by atoms with van der Waals surface area (Å²) < 4.78 is 29.5. The number of nitrogens with one attached hydrogen (secondary N) is 1. The van der Waals surface area contributed by atoms with E-state index in [1.807, 2.05) is 39.8 Å². The number of H-pyrrole nitrogens is 1. The molecule has 0 unspecified atom stereocenters. The molecule has 1 amide bonds. The monoisotopic (exact) mass is 544 g/mol. The van der Waals surface area contributed by atoms with E-state index < -0.39 is 16.1 Å². The number of benzene rings is 2. The first-order chi connectivity index (χ1) is 17.3. The van der Waals surface area contributed by atoms with Crippen LogP contribution in [-0.4, -0.2) is 65.3 Å². The summed E-state index contributed by atoms with van der Waals surface area (Å²) in [5.74, 6) is -0.388. The maximum atomic E-state index is 14.1. The average molecular weight is 545 g/mol. The molecule has 2 aromatic carbocycles. The second kappa shape index (κ2) is 11.1. The Morgan fingerprint density at radius 2 is 1.84 bits per heavy atom. The van der Waals surface area contributed by atoms with Crippen molar-refractivity contribution in [2.75, 3.05) is 21.1 Å². The van der Waals surface area contributed by atoms with Crippen molar-refractivity contribution in [3.05, 3.63) is 75.6 Å². The third kappa shape index (κ3) is 5.76. The minimum atomic E-state index is -4.13. The number of tetrazole rings is 1. The van der Waals surface area contributed by atoms with Crippen molar-refractivity contribution >= 4 is 33.1 Å². The quantitative estimate of drug-likeness (QED) is 0.430. The summed E-state index contributed by atoms with van der Waals surface area (Å²) in [6.07, 6.45) is -0.116. The van der Waals surface area contributed by atoms with Crippen molar-refractivity contribution in [2.45, 2.75) is 51.0 Å². The van der Waals surface area contributed by atoms with Crippen LogP contribution in [0, 0.1) is 13.8 Å². The summed E-state index contributed by atoms with van der Waals surface area (Å²) in [5, 5.41) is 14.8. The highest BCUT2D eigenvalue weighted by Crippen LogP contribution is 2.41. The molecule has 3 rings (SSSR count). The number of rotatable bonds is 9. The first-order valence-electron chi connectivity index (χ1n) is 11.7. The van der Waals surface area contributed by atoms with E-state index >= 15 is 0 Å². The van der Waals surface area contributed by atoms with E-state index in [9.17, 15) is 13.2 Å². The topological polar surface area (TPSA) is 112 Å². The van der Waals surface area contributed by atoms with Gasteiger partial charge in [0.25, 0.3) is 0 Å². The summed E-state index contributed by atoms with van der Waals surface area (Å²) in [5.41, 5.74) is 5.20. The van der Waals surface area contributed by atoms with E-state index in [1.165, 1.54) is 34.5 Å². The molecule has 0 saturated carbocycles. The van der Waals surface area contributed by atoms with Gasteiger partial charge in [0.2, 0.25) is 15.9 Å². The van der Waals surface area contributed by atoms with Crippen LogP contribution in [0.2, 0.25) is 5.02 Å². The van der Waals surface area contributed by atoms with Crippen LogP contribution in [0.15, 0.2) is 41.8 Å². The lowest BCUT2D eigenvalue weighted by Gasteiger charge is -2.33. The molecule has 1 aromatic heterocycles. The van der Waals surface area contributed by atoms with E-state index in [-0.39, 0.29) is 29.0 Å². The predicted octanol–water partition coefficient (Wildman–Crippen LogP) is 4.30. The Hall–Kier alpha value is -3.08. The maximum absolute atomic E-state index is 14.1. The summed E-state index contributed by atoms with van der Waals surface area (Å²) >= 11 is 6.19. The first kappa shape index (κ1) is 28.5. The number of likely N-dealkylation sites (N-methyl/N-ethyl adjacent to an activating group) is 2. The number of sulfonamides is 1. The highest BCUT2D eigenvalue weighted by Gasteiger charge is 2.38. The standard InChI is InChI=1S/C26H33ClN6O3S/c1-15(2)21-11-9-16(3)17(4)24(21)18(5)25(26-28-30-31-29-26)33(8)37(35,36)22-12-10-20(27)13-19(22)14-23(34)32(6)7/h9-13,18,25H,1,14H2,2-8H3,(H,28,29,30,31)/t18-,25+/m1/s1. The number of aryl methyl sites for hydroxylation is 1. The fraction of sp³-hybridized carbons (Fsp3) is 0.385. The van der Waals surface area contributed by atoms with Crippen LogP contribution in [0.1, 0.15) is 59.4 Å². The van der Waals surface area contributed by atoms with Gasteiger partial charge in [-0.25, -0.2) is 8.42 Å². The van der Waals surface area contributed by atoms with Gasteiger partial charge in [-0.1, -0.05) is 48.0 Å². The number of aromatic amines is 1. The number of hydrogen-bond donors (Lipinski definition) is 1. The molecule has 1 heterocycles. The van der Waals surface area contributed by atoms with Crippen molar-refractivity contribution < 1.29 is 13.2 Å². The Kier molecular flexibility index (Phi) is 8.56. The Labute approximate surface area is 223 Å². The highest BCUT2D eigenvalue weighted by molar-refractivity contribution is 7.89. The Balaban J connectivity index is 2.19. The van der Waals surface area contributed by atoms with Crippen LogP contribution in [0.25, 0.3) is 5.57 Å². The van der Waals surface area contributed by atoms with Crippen LogP contribution in [0.4, 0.5) is 0 Å². The molecule has 0 fully saturated rings. The van der Waals surface area contributed by atoms with Crippen LogP contribution < -0.4 is 0 Å². The van der Waals surface area contributed by atoms with Gasteiger partial charge in [-0.2, -0.15) is 9.52 Å². The van der Waals surface area contributed by atoms with Crippen molar-refractivity contribution in [2.24, 2.45) is 0 Å². The van der Waals surface area contributed by atoms with Gasteiger partial charge in [0, 0.05) is 32.1 Å². The largest absolute Gasteiger partial charge is 0.349 e. The summed E-state index contributed by atoms with van der Waals surface area (Å²) in [6, 6.07) is 7.67. The van der Waals surface area contributed by atoms with Gasteiger partial charge in [0.15, 0.2) is 5.82 Å². The van der Waals surface area contributed by atoms with E-state index in [1.54, 1.807) is 14.1 Å². The van der Waals surface area contributed by atoms with Gasteiger partial charge >= 0.3 is 0 Å². The molecule has 37 heavy (non-hydrogen) atoms. The Bertz CT molecular complexity index is 1420. The second-order valence-electron chi connectivity index (χ2n) is 9.49. The normalized spacial score (nSPS) is 13.4. The zero-order chi connectivity index (χ0) is 27.7. The minimum absolute atomic E-state index is 0.00335. The molecule has 0 aliphatic heterocycles. The molecule has 0 radical (unpaired) electrons. The predicted molar refractivity (Wildman–Crippen MR) is 145 cm³/mol. The molecule has 198 valence electrons. The molecule has 0 saturated heterocycles. The van der Waals surface area contributed by atoms with Gasteiger partial charge < -0.3 is 4.90 Å². The van der Waals surface area contributed by atoms with Crippen molar-refractivity contribution in [1.82, 2.24) is 29.8 Å². The van der Waals surface area contributed by atoms with Crippen LogP contribution in [-0.2, 0) is 21.2 Å². The van der Waals surface area contributed by atoms with E-state index in [2.05, 4.69) is 27.2 Å². The molecule has 2 atom stereocenters. The molecular weight excluding hydrogens is 512 g/mol. The summed E-state index contributed by atoms with van der Waals surface area (Å²) in [4.78, 5) is 13.9. The van der Waals surface area contributed by atoms with Gasteiger partial charge in [-0.3, -0.25) is 4.79 Å². The minimum Gasteiger partial charge on any atom is -0.349 e. The Morgan fingerprint density at radius 1 is 1.16 bits per heavy atom.